The summed E-state index contributed by atoms with van der Waals surface area (Å²) in [4.78, 5) is 14.3. The Labute approximate surface area is 183 Å². The second-order valence-corrected chi connectivity index (χ2v) is 10.6. The number of carbonyl (C=O) groups is 1. The molecule has 1 aromatic heterocycles. The minimum absolute atomic E-state index is 0.129. The molecule has 0 saturated carbocycles. The van der Waals surface area contributed by atoms with Crippen LogP contribution in [0.1, 0.15) is 31.0 Å². The molecule has 168 valence electrons. The molecule has 2 amide bonds. The molecule has 3 heterocycles. The smallest absolute Gasteiger partial charge is 0.322 e. The van der Waals surface area contributed by atoms with Crippen molar-refractivity contribution in [3.8, 4) is 5.69 Å². The number of likely N-dealkylation sites (tertiary alicyclic amines) is 1. The molecule has 1 aromatic carbocycles. The van der Waals surface area contributed by atoms with Gasteiger partial charge in [0.15, 0.2) is 0 Å². The molecule has 2 aromatic rings. The van der Waals surface area contributed by atoms with Crippen LogP contribution in [0, 0.1) is 6.92 Å². The highest BCUT2D eigenvalue weighted by molar-refractivity contribution is 7.89. The Hall–Kier alpha value is -2.43. The van der Waals surface area contributed by atoms with Crippen LogP contribution >= 0.6 is 0 Å². The molecule has 2 saturated heterocycles. The third kappa shape index (κ3) is 4.32. The molecule has 2 fully saturated rings. The number of sulfonamides is 1. The Morgan fingerprint density at radius 2 is 1.94 bits per heavy atom. The van der Waals surface area contributed by atoms with Crippen molar-refractivity contribution in [1.82, 2.24) is 19.0 Å². The zero-order valence-electron chi connectivity index (χ0n) is 18.1. The van der Waals surface area contributed by atoms with Gasteiger partial charge in [-0.1, -0.05) is 26.0 Å². The van der Waals surface area contributed by atoms with E-state index in [1.165, 1.54) is 9.21 Å². The summed E-state index contributed by atoms with van der Waals surface area (Å²) < 4.78 is 34.0. The molecule has 0 radical (unpaired) electrons. The van der Waals surface area contributed by atoms with Crippen molar-refractivity contribution in [2.45, 2.75) is 31.9 Å². The normalized spacial score (nSPS) is 18.3. The van der Waals surface area contributed by atoms with Crippen molar-refractivity contribution < 1.29 is 17.9 Å². The van der Waals surface area contributed by atoms with Gasteiger partial charge >= 0.3 is 6.03 Å². The zero-order valence-corrected chi connectivity index (χ0v) is 18.9. The summed E-state index contributed by atoms with van der Waals surface area (Å²) in [5.74, 6) is 0.129. The lowest BCUT2D eigenvalue weighted by Gasteiger charge is -2.41. The first-order chi connectivity index (χ1) is 14.8. The maximum absolute atomic E-state index is 12.8. The van der Waals surface area contributed by atoms with Crippen LogP contribution in [0.25, 0.3) is 5.69 Å². The number of benzene rings is 1. The van der Waals surface area contributed by atoms with E-state index in [9.17, 15) is 13.2 Å². The predicted octanol–water partition coefficient (Wildman–Crippen LogP) is 2.18. The Kier molecular flexibility index (Phi) is 6.05. The topological polar surface area (TPSA) is 96.8 Å². The van der Waals surface area contributed by atoms with Crippen molar-refractivity contribution in [3.63, 3.8) is 0 Å². The molecule has 2 aliphatic rings. The summed E-state index contributed by atoms with van der Waals surface area (Å²) >= 11 is 0. The lowest BCUT2D eigenvalue weighted by atomic mass is 10.1. The minimum Gasteiger partial charge on any atom is -0.379 e. The molecule has 1 N–H and O–H groups in total. The number of nitrogens with one attached hydrogen (secondary N) is 1. The van der Waals surface area contributed by atoms with Gasteiger partial charge < -0.3 is 15.0 Å². The van der Waals surface area contributed by atoms with E-state index in [1.54, 1.807) is 6.20 Å². The number of anilines is 1. The molecule has 0 aliphatic carbocycles. The number of rotatable bonds is 5. The third-order valence-corrected chi connectivity index (χ3v) is 7.95. The first kappa shape index (κ1) is 21.8. The van der Waals surface area contributed by atoms with Gasteiger partial charge in [0.05, 0.1) is 36.5 Å². The van der Waals surface area contributed by atoms with Gasteiger partial charge in [0, 0.05) is 26.2 Å². The van der Waals surface area contributed by atoms with Gasteiger partial charge in [0.25, 0.3) is 0 Å². The Bertz CT molecular complexity index is 1050. The highest BCUT2D eigenvalue weighted by Gasteiger charge is 2.43. The Morgan fingerprint density at radius 1 is 1.23 bits per heavy atom. The maximum Gasteiger partial charge on any atom is 0.322 e. The summed E-state index contributed by atoms with van der Waals surface area (Å²) in [7, 11) is -3.41. The summed E-state index contributed by atoms with van der Waals surface area (Å²) in [6.45, 7) is 8.08. The maximum atomic E-state index is 12.8. The van der Waals surface area contributed by atoms with E-state index in [-0.39, 0.29) is 25.0 Å². The van der Waals surface area contributed by atoms with Crippen LogP contribution in [0.15, 0.2) is 30.5 Å². The second kappa shape index (κ2) is 8.60. The number of hydrogen-bond donors (Lipinski definition) is 1. The molecule has 0 atom stereocenters. The number of nitrogens with zero attached hydrogens (tertiary/aromatic N) is 4. The van der Waals surface area contributed by atoms with Crippen LogP contribution in [0.4, 0.5) is 10.5 Å². The average Bonchev–Trinajstić information content (AvgIpc) is 3.11. The molecular formula is C21H29N5O4S. The lowest BCUT2D eigenvalue weighted by molar-refractivity contribution is 0.0713. The number of morpholine rings is 1. The molecule has 0 bridgehead atoms. The molecule has 2 aliphatic heterocycles. The highest BCUT2D eigenvalue weighted by atomic mass is 32.2. The van der Waals surface area contributed by atoms with Gasteiger partial charge in [0.1, 0.15) is 5.25 Å². The van der Waals surface area contributed by atoms with Crippen LogP contribution in [0.5, 0.6) is 0 Å². The summed E-state index contributed by atoms with van der Waals surface area (Å²) in [6.07, 6.45) is 1.65. The van der Waals surface area contributed by atoms with Gasteiger partial charge in [-0.05, 0) is 30.5 Å². The number of hydrogen-bond acceptors (Lipinski definition) is 5. The van der Waals surface area contributed by atoms with Gasteiger partial charge in [-0.15, -0.1) is 0 Å². The Morgan fingerprint density at radius 3 is 2.58 bits per heavy atom. The van der Waals surface area contributed by atoms with E-state index < -0.39 is 15.3 Å². The standard InChI is InChI=1S/C21H29N5O4S/c1-15(2)20-19(12-22-26(20)17-6-4-5-16(3)11-17)23-21(27)24-13-18(14-24)31(28,29)25-7-9-30-10-8-25/h4-6,11-12,15,18H,7-10,13-14H2,1-3H3,(H,23,27). The van der Waals surface area contributed by atoms with E-state index >= 15 is 0 Å². The first-order valence-electron chi connectivity index (χ1n) is 10.5. The number of urea groups is 1. The largest absolute Gasteiger partial charge is 0.379 e. The summed E-state index contributed by atoms with van der Waals surface area (Å²) in [5, 5.41) is 6.86. The monoisotopic (exact) mass is 447 g/mol. The van der Waals surface area contributed by atoms with Crippen molar-refractivity contribution in [2.75, 3.05) is 44.7 Å². The predicted molar refractivity (Wildman–Crippen MR) is 118 cm³/mol. The molecule has 10 heteroatoms. The van der Waals surface area contributed by atoms with Crippen molar-refractivity contribution in [1.29, 1.82) is 0 Å². The molecule has 0 unspecified atom stereocenters. The fourth-order valence-electron chi connectivity index (χ4n) is 3.97. The van der Waals surface area contributed by atoms with Crippen molar-refractivity contribution >= 4 is 21.7 Å². The summed E-state index contributed by atoms with van der Waals surface area (Å²) in [5.41, 5.74) is 3.60. The Balaban J connectivity index is 1.44. The molecule has 0 spiro atoms. The first-order valence-corrected chi connectivity index (χ1v) is 12.1. The third-order valence-electron chi connectivity index (χ3n) is 5.73. The van der Waals surface area contributed by atoms with Crippen LogP contribution in [-0.4, -0.2) is 78.1 Å². The van der Waals surface area contributed by atoms with Crippen LogP contribution in [-0.2, 0) is 14.8 Å². The van der Waals surface area contributed by atoms with Gasteiger partial charge in [-0.2, -0.15) is 9.40 Å². The highest BCUT2D eigenvalue weighted by Crippen LogP contribution is 2.28. The van der Waals surface area contributed by atoms with E-state index in [1.807, 2.05) is 49.7 Å². The number of ether oxygens (including phenoxy) is 1. The van der Waals surface area contributed by atoms with E-state index in [0.29, 0.717) is 32.0 Å². The van der Waals surface area contributed by atoms with E-state index in [2.05, 4.69) is 10.4 Å². The van der Waals surface area contributed by atoms with Crippen LogP contribution in [0.3, 0.4) is 0 Å². The zero-order chi connectivity index (χ0) is 22.2. The number of aryl methyl sites for hydroxylation is 1. The van der Waals surface area contributed by atoms with Gasteiger partial charge in [0.2, 0.25) is 10.0 Å². The van der Waals surface area contributed by atoms with Crippen molar-refractivity contribution in [2.24, 2.45) is 0 Å². The molecule has 31 heavy (non-hydrogen) atoms. The fourth-order valence-corrected chi connectivity index (χ4v) is 5.79. The molecular weight excluding hydrogens is 418 g/mol. The molecule has 4 rings (SSSR count). The second-order valence-electron chi connectivity index (χ2n) is 8.36. The van der Waals surface area contributed by atoms with E-state index in [0.717, 1.165) is 16.9 Å². The lowest BCUT2D eigenvalue weighted by Crippen LogP contribution is -2.61. The van der Waals surface area contributed by atoms with Crippen LogP contribution in [0.2, 0.25) is 0 Å². The minimum atomic E-state index is -3.41. The average molecular weight is 448 g/mol. The number of amides is 2. The summed E-state index contributed by atoms with van der Waals surface area (Å²) in [6, 6.07) is 7.72. The quantitative estimate of drug-likeness (QED) is 0.758. The van der Waals surface area contributed by atoms with Gasteiger partial charge in [-0.3, -0.25) is 0 Å². The number of carbonyl (C=O) groups excluding carboxylic acids is 1. The molecule has 9 nitrogen and oxygen atoms in total. The fraction of sp³-hybridized carbons (Fsp3) is 0.524. The van der Waals surface area contributed by atoms with Crippen LogP contribution < -0.4 is 5.32 Å². The van der Waals surface area contributed by atoms with E-state index in [4.69, 9.17) is 4.74 Å². The van der Waals surface area contributed by atoms with Crippen molar-refractivity contribution in [3.05, 3.63) is 41.7 Å². The van der Waals surface area contributed by atoms with Gasteiger partial charge in [-0.25, -0.2) is 17.9 Å². The number of aromatic nitrogens is 2. The SMILES string of the molecule is Cc1cccc(-n2ncc(NC(=O)N3CC(S(=O)(=O)N4CCOCC4)C3)c2C(C)C)c1.